The van der Waals surface area contributed by atoms with E-state index in [-0.39, 0.29) is 22.4 Å². The van der Waals surface area contributed by atoms with Crippen LogP contribution in [0.4, 0.5) is 13.2 Å². The van der Waals surface area contributed by atoms with E-state index in [2.05, 4.69) is 20.3 Å². The maximum atomic E-state index is 13.0. The number of methoxy groups -OCH3 is 2. The van der Waals surface area contributed by atoms with Crippen LogP contribution in [0.15, 0.2) is 63.6 Å². The van der Waals surface area contributed by atoms with Crippen LogP contribution in [0.2, 0.25) is 0 Å². The molecule has 0 atom stereocenters. The van der Waals surface area contributed by atoms with Crippen LogP contribution >= 0.6 is 11.8 Å². The molecule has 1 heterocycles. The first-order valence-corrected chi connectivity index (χ1v) is 10.4. The number of amidine groups is 1. The highest BCUT2D eigenvalue weighted by Gasteiger charge is 2.30. The van der Waals surface area contributed by atoms with E-state index in [4.69, 9.17) is 9.47 Å². The van der Waals surface area contributed by atoms with Crippen LogP contribution in [0.5, 0.6) is 11.5 Å². The van der Waals surface area contributed by atoms with Crippen molar-refractivity contribution in [1.82, 2.24) is 5.32 Å². The van der Waals surface area contributed by atoms with Gasteiger partial charge in [0.05, 0.1) is 30.9 Å². The van der Waals surface area contributed by atoms with E-state index in [1.54, 1.807) is 18.2 Å². The van der Waals surface area contributed by atoms with E-state index < -0.39 is 23.6 Å². The molecule has 0 aromatic heterocycles. The lowest BCUT2D eigenvalue weighted by Gasteiger charge is -2.14. The van der Waals surface area contributed by atoms with E-state index >= 15 is 0 Å². The summed E-state index contributed by atoms with van der Waals surface area (Å²) in [5.41, 5.74) is -0.0165. The molecule has 1 saturated heterocycles. The number of nitrogens with one attached hydrogen (secondary N) is 1. The van der Waals surface area contributed by atoms with Crippen LogP contribution < -0.4 is 14.8 Å². The highest BCUT2D eigenvalue weighted by molar-refractivity contribution is 8.18. The van der Waals surface area contributed by atoms with Crippen LogP contribution in [-0.2, 0) is 27.1 Å². The molecule has 3 rings (SSSR count). The van der Waals surface area contributed by atoms with Gasteiger partial charge in [-0.2, -0.15) is 18.3 Å². The summed E-state index contributed by atoms with van der Waals surface area (Å²) < 4.78 is 54.4. The molecular weight excluding hydrogens is 475 g/mol. The van der Waals surface area contributed by atoms with Gasteiger partial charge in [-0.15, -0.1) is 5.10 Å². The topological polar surface area (TPSA) is 98.6 Å². The summed E-state index contributed by atoms with van der Waals surface area (Å²) in [5, 5.41) is 10.4. The normalized spacial score (nSPS) is 16.2. The Hall–Kier alpha value is -3.80. The Morgan fingerprint density at radius 2 is 1.94 bits per heavy atom. The number of carbonyl (C=O) groups is 2. The quantitative estimate of drug-likeness (QED) is 0.272. The van der Waals surface area contributed by atoms with Crippen molar-refractivity contribution in [1.29, 1.82) is 0 Å². The molecule has 0 spiro atoms. The second-order valence-electron chi connectivity index (χ2n) is 6.60. The number of rotatable bonds is 7. The number of thioether (sulfide) groups is 1. The highest BCUT2D eigenvalue weighted by atomic mass is 32.2. The first-order chi connectivity index (χ1) is 16.2. The van der Waals surface area contributed by atoms with E-state index in [9.17, 15) is 22.8 Å². The van der Waals surface area contributed by atoms with Gasteiger partial charge in [0.25, 0.3) is 5.91 Å². The number of para-hydroxylation sites is 1. The average molecular weight is 493 g/mol. The molecule has 0 radical (unpaired) electrons. The van der Waals surface area contributed by atoms with Gasteiger partial charge in [0, 0.05) is 11.6 Å². The Kier molecular flexibility index (Phi) is 7.95. The van der Waals surface area contributed by atoms with Crippen molar-refractivity contribution >= 4 is 35.0 Å². The van der Waals surface area contributed by atoms with Crippen molar-refractivity contribution in [2.75, 3.05) is 14.2 Å². The summed E-state index contributed by atoms with van der Waals surface area (Å²) in [6.45, 7) is -0.146. The number of hydrogen-bond acceptors (Lipinski definition) is 8. The van der Waals surface area contributed by atoms with Crippen LogP contribution in [0, 0.1) is 0 Å². The summed E-state index contributed by atoms with van der Waals surface area (Å²) >= 11 is 0.908. The molecule has 2 aromatic carbocycles. The third kappa shape index (κ3) is 6.38. The zero-order valence-electron chi connectivity index (χ0n) is 17.9. The van der Waals surface area contributed by atoms with Gasteiger partial charge in [-0.05, 0) is 41.6 Å². The first-order valence-electron chi connectivity index (χ1n) is 9.57. The van der Waals surface area contributed by atoms with Gasteiger partial charge in [0.15, 0.2) is 16.7 Å². The lowest BCUT2D eigenvalue weighted by atomic mass is 10.1. The second-order valence-corrected chi connectivity index (χ2v) is 7.63. The summed E-state index contributed by atoms with van der Waals surface area (Å²) in [5.74, 6) is -0.603. The van der Waals surface area contributed by atoms with Crippen molar-refractivity contribution in [2.45, 2.75) is 12.8 Å². The molecular formula is C22H18F3N3O5S. The highest BCUT2D eigenvalue weighted by Crippen LogP contribution is 2.33. The first kappa shape index (κ1) is 24.8. The molecule has 0 aliphatic carbocycles. The number of esters is 1. The van der Waals surface area contributed by atoms with E-state index in [1.807, 2.05) is 0 Å². The maximum absolute atomic E-state index is 13.0. The smallest absolute Gasteiger partial charge is 0.416 e. The summed E-state index contributed by atoms with van der Waals surface area (Å²) in [4.78, 5) is 23.3. The van der Waals surface area contributed by atoms with Gasteiger partial charge in [-0.25, -0.2) is 4.79 Å². The number of benzene rings is 2. The molecule has 1 aliphatic heterocycles. The fraction of sp³-hybridized carbons (Fsp3) is 0.182. The Bertz CT molecular complexity index is 1180. The Labute approximate surface area is 196 Å². The molecule has 8 nitrogen and oxygen atoms in total. The van der Waals surface area contributed by atoms with Crippen molar-refractivity contribution in [3.05, 3.63) is 70.1 Å². The number of nitrogens with zero attached hydrogens (tertiary/aromatic N) is 2. The predicted octanol–water partition coefficient (Wildman–Crippen LogP) is 3.90. The molecule has 12 heteroatoms. The van der Waals surface area contributed by atoms with Crippen LogP contribution in [0.25, 0.3) is 0 Å². The minimum absolute atomic E-state index is 0.104. The van der Waals surface area contributed by atoms with Gasteiger partial charge in [-0.3, -0.25) is 10.1 Å². The molecule has 1 fully saturated rings. The van der Waals surface area contributed by atoms with Gasteiger partial charge in [0.1, 0.15) is 6.61 Å². The summed E-state index contributed by atoms with van der Waals surface area (Å²) in [6.07, 6.45) is -2.09. The lowest BCUT2D eigenvalue weighted by molar-refractivity contribution is -0.137. The number of hydrogen-bond donors (Lipinski definition) is 1. The largest absolute Gasteiger partial charge is 0.493 e. The van der Waals surface area contributed by atoms with E-state index in [0.29, 0.717) is 16.9 Å². The Morgan fingerprint density at radius 3 is 2.65 bits per heavy atom. The maximum Gasteiger partial charge on any atom is 0.416 e. The molecule has 34 heavy (non-hydrogen) atoms. The number of ether oxygens (including phenoxy) is 3. The lowest BCUT2D eigenvalue weighted by Crippen LogP contribution is -2.19. The van der Waals surface area contributed by atoms with Crippen molar-refractivity contribution in [3.8, 4) is 11.5 Å². The monoisotopic (exact) mass is 493 g/mol. The van der Waals surface area contributed by atoms with Crippen molar-refractivity contribution in [3.63, 3.8) is 0 Å². The van der Waals surface area contributed by atoms with Crippen molar-refractivity contribution in [2.24, 2.45) is 10.2 Å². The minimum atomic E-state index is -4.46. The molecule has 1 aliphatic rings. The zero-order valence-corrected chi connectivity index (χ0v) is 18.7. The standard InChI is InChI=1S/C22H18F3N3O5S/c1-31-16-8-4-6-14(11-26-28-21-27-20(30)17(34-21)10-18(29)32-2)19(16)33-12-13-5-3-7-15(9-13)22(23,24)25/h3-11H,12H2,1-2H3,(H,27,28,30)/b17-10+,26-11?. The van der Waals surface area contributed by atoms with Gasteiger partial charge >= 0.3 is 12.1 Å². The fourth-order valence-electron chi connectivity index (χ4n) is 2.73. The SMILES string of the molecule is COC(=O)/C=C1/S/C(=N\N=Cc2cccc(OC)c2OCc2cccc(C(F)(F)F)c2)NC1=O. The molecule has 0 unspecified atom stereocenters. The Balaban J connectivity index is 1.77. The number of halogens is 3. The number of amides is 1. The van der Waals surface area contributed by atoms with Crippen molar-refractivity contribution < 1.29 is 37.0 Å². The predicted molar refractivity (Wildman–Crippen MR) is 120 cm³/mol. The Morgan fingerprint density at radius 1 is 1.18 bits per heavy atom. The number of alkyl halides is 3. The van der Waals surface area contributed by atoms with Crippen LogP contribution in [-0.4, -0.2) is 37.5 Å². The summed E-state index contributed by atoms with van der Waals surface area (Å²) in [6, 6.07) is 9.76. The van der Waals surface area contributed by atoms with Gasteiger partial charge in [0.2, 0.25) is 0 Å². The third-order valence-electron chi connectivity index (χ3n) is 4.31. The molecule has 1 N–H and O–H groups in total. The van der Waals surface area contributed by atoms with Gasteiger partial charge in [-0.1, -0.05) is 18.2 Å². The van der Waals surface area contributed by atoms with E-state index in [1.165, 1.54) is 32.6 Å². The average Bonchev–Trinajstić information content (AvgIpc) is 3.16. The molecule has 178 valence electrons. The molecule has 0 saturated carbocycles. The molecule has 2 aromatic rings. The fourth-order valence-corrected chi connectivity index (χ4v) is 3.47. The molecule has 1 amide bonds. The van der Waals surface area contributed by atoms with Gasteiger partial charge < -0.3 is 14.2 Å². The minimum Gasteiger partial charge on any atom is -0.493 e. The zero-order chi connectivity index (χ0) is 24.7. The molecule has 0 bridgehead atoms. The summed E-state index contributed by atoms with van der Waals surface area (Å²) in [7, 11) is 2.62. The van der Waals surface area contributed by atoms with Crippen LogP contribution in [0.1, 0.15) is 16.7 Å². The van der Waals surface area contributed by atoms with E-state index in [0.717, 1.165) is 30.0 Å². The third-order valence-corrected chi connectivity index (χ3v) is 5.21. The second kappa shape index (κ2) is 10.9. The number of carbonyl (C=O) groups excluding carboxylic acids is 2. The van der Waals surface area contributed by atoms with Crippen LogP contribution in [0.3, 0.4) is 0 Å².